The van der Waals surface area contributed by atoms with Gasteiger partial charge in [0.25, 0.3) is 0 Å². The Labute approximate surface area is 212 Å². The summed E-state index contributed by atoms with van der Waals surface area (Å²) in [5.41, 5.74) is 2.41. The molecule has 0 spiro atoms. The van der Waals surface area contributed by atoms with Gasteiger partial charge in [-0.05, 0) is 42.0 Å². The van der Waals surface area contributed by atoms with E-state index < -0.39 is 5.92 Å². The average molecular weight is 502 g/mol. The number of carbonyl (C=O) groups is 2. The minimum absolute atomic E-state index is 0.0865. The Kier molecular flexibility index (Phi) is 5.40. The van der Waals surface area contributed by atoms with Gasteiger partial charge in [0.1, 0.15) is 17.2 Å². The van der Waals surface area contributed by atoms with Crippen molar-refractivity contribution >= 4 is 17.8 Å². The highest BCUT2D eigenvalue weighted by Gasteiger charge is 2.39. The molecule has 3 aromatic carbocycles. The van der Waals surface area contributed by atoms with Crippen molar-refractivity contribution in [2.75, 3.05) is 28.1 Å². The van der Waals surface area contributed by atoms with Crippen molar-refractivity contribution in [1.82, 2.24) is 0 Å². The summed E-state index contributed by atoms with van der Waals surface area (Å²) in [6, 6.07) is 12.1. The molecule has 0 fully saturated rings. The molecule has 3 aliphatic heterocycles. The number of allylic oxidation sites excluding steroid dienone is 1. The molecule has 1 atom stereocenters. The third-order valence-electron chi connectivity index (χ3n) is 6.60. The molecule has 188 valence electrons. The van der Waals surface area contributed by atoms with Crippen LogP contribution in [-0.4, -0.2) is 39.9 Å². The molecular formula is C28H22O9. The molecule has 0 bridgehead atoms. The summed E-state index contributed by atoms with van der Waals surface area (Å²) in [6.07, 6.45) is 1.68. The molecule has 0 N–H and O–H groups in total. The second-order valence-corrected chi connectivity index (χ2v) is 8.59. The van der Waals surface area contributed by atoms with E-state index >= 15 is 0 Å². The molecule has 3 aromatic rings. The van der Waals surface area contributed by atoms with Crippen molar-refractivity contribution in [3.05, 3.63) is 70.5 Å². The largest absolute Gasteiger partial charge is 0.496 e. The standard InChI is InChI=1S/C28H22O9/c1-31-20-12-22(33-3)21(32-2)9-15(20)10-24-27(30)16-5-7-19-26(28(16)37-24)17(11-25(29)36-19)14-4-6-18-23(8-14)35-13-34-18/h4-10,12,17H,11,13H2,1-3H3/b24-10-. The van der Waals surface area contributed by atoms with E-state index in [1.54, 1.807) is 36.4 Å². The number of hydrogen-bond acceptors (Lipinski definition) is 9. The Balaban J connectivity index is 1.44. The van der Waals surface area contributed by atoms with Crippen LogP contribution in [0.5, 0.6) is 40.2 Å². The average Bonchev–Trinajstić information content (AvgIpc) is 3.51. The summed E-state index contributed by atoms with van der Waals surface area (Å²) in [5, 5.41) is 0. The highest BCUT2D eigenvalue weighted by Crippen LogP contribution is 2.50. The summed E-state index contributed by atoms with van der Waals surface area (Å²) in [4.78, 5) is 25.9. The predicted molar refractivity (Wildman–Crippen MR) is 130 cm³/mol. The molecule has 0 saturated carbocycles. The number of methoxy groups -OCH3 is 3. The molecule has 1 unspecified atom stereocenters. The van der Waals surface area contributed by atoms with Gasteiger partial charge in [0.2, 0.25) is 12.6 Å². The number of rotatable bonds is 5. The number of carbonyl (C=O) groups excluding carboxylic acids is 2. The molecule has 9 nitrogen and oxygen atoms in total. The van der Waals surface area contributed by atoms with Crippen LogP contribution in [0.4, 0.5) is 0 Å². The maximum absolute atomic E-state index is 13.4. The first-order chi connectivity index (χ1) is 18.0. The Hall–Kier alpha value is -4.66. The number of Topliss-reactive ketones (excluding diaryl/α,β-unsaturated/α-hetero) is 1. The van der Waals surface area contributed by atoms with E-state index in [0.717, 1.165) is 5.56 Å². The predicted octanol–water partition coefficient (Wildman–Crippen LogP) is 4.50. The Bertz CT molecular complexity index is 1490. The van der Waals surface area contributed by atoms with Gasteiger partial charge in [-0.15, -0.1) is 0 Å². The van der Waals surface area contributed by atoms with Gasteiger partial charge in [-0.2, -0.15) is 0 Å². The topological polar surface area (TPSA) is 98.8 Å². The monoisotopic (exact) mass is 502 g/mol. The molecular weight excluding hydrogens is 480 g/mol. The van der Waals surface area contributed by atoms with Crippen LogP contribution in [0.3, 0.4) is 0 Å². The normalized spacial score (nSPS) is 18.1. The van der Waals surface area contributed by atoms with Gasteiger partial charge < -0.3 is 33.2 Å². The van der Waals surface area contributed by atoms with Crippen molar-refractivity contribution in [2.24, 2.45) is 0 Å². The van der Waals surface area contributed by atoms with Gasteiger partial charge in [-0.25, -0.2) is 0 Å². The molecule has 3 aliphatic rings. The molecule has 0 saturated heterocycles. The first kappa shape index (κ1) is 22.8. The number of ether oxygens (including phenoxy) is 7. The van der Waals surface area contributed by atoms with Crippen LogP contribution in [0.1, 0.15) is 39.4 Å². The van der Waals surface area contributed by atoms with Crippen LogP contribution in [0.25, 0.3) is 6.08 Å². The molecule has 0 aromatic heterocycles. The maximum Gasteiger partial charge on any atom is 0.312 e. The number of benzene rings is 3. The highest BCUT2D eigenvalue weighted by atomic mass is 16.7. The Morgan fingerprint density at radius 2 is 1.54 bits per heavy atom. The van der Waals surface area contributed by atoms with E-state index in [2.05, 4.69) is 0 Å². The zero-order chi connectivity index (χ0) is 25.7. The summed E-state index contributed by atoms with van der Waals surface area (Å²) in [6.45, 7) is 0.142. The van der Waals surface area contributed by atoms with Crippen LogP contribution in [0.2, 0.25) is 0 Å². The second kappa shape index (κ2) is 8.77. The molecule has 0 aliphatic carbocycles. The first-order valence-corrected chi connectivity index (χ1v) is 11.5. The van der Waals surface area contributed by atoms with Crippen LogP contribution in [-0.2, 0) is 4.79 Å². The molecule has 3 heterocycles. The summed E-state index contributed by atoms with van der Waals surface area (Å²) in [7, 11) is 4.58. The summed E-state index contributed by atoms with van der Waals surface area (Å²) < 4.78 is 38.9. The highest BCUT2D eigenvalue weighted by molar-refractivity contribution is 6.15. The van der Waals surface area contributed by atoms with Gasteiger partial charge in [-0.3, -0.25) is 9.59 Å². The van der Waals surface area contributed by atoms with E-state index in [0.29, 0.717) is 56.9 Å². The lowest BCUT2D eigenvalue weighted by molar-refractivity contribution is -0.135. The quantitative estimate of drug-likeness (QED) is 0.284. The zero-order valence-electron chi connectivity index (χ0n) is 20.3. The van der Waals surface area contributed by atoms with E-state index in [4.69, 9.17) is 33.2 Å². The molecule has 37 heavy (non-hydrogen) atoms. The number of fused-ring (bicyclic) bond motifs is 4. The molecule has 0 radical (unpaired) electrons. The third-order valence-corrected chi connectivity index (χ3v) is 6.60. The molecule has 9 heteroatoms. The second-order valence-electron chi connectivity index (χ2n) is 8.59. The number of esters is 1. The van der Waals surface area contributed by atoms with Gasteiger partial charge in [0, 0.05) is 23.1 Å². The van der Waals surface area contributed by atoms with Gasteiger partial charge in [0.15, 0.2) is 28.8 Å². The zero-order valence-corrected chi connectivity index (χ0v) is 20.3. The third kappa shape index (κ3) is 3.70. The van der Waals surface area contributed by atoms with Crippen molar-refractivity contribution in [1.29, 1.82) is 0 Å². The van der Waals surface area contributed by atoms with Crippen LogP contribution < -0.4 is 33.2 Å². The summed E-state index contributed by atoms with van der Waals surface area (Å²) >= 11 is 0. The van der Waals surface area contributed by atoms with Crippen molar-refractivity contribution < 1.29 is 42.7 Å². The minimum atomic E-state index is -0.400. The SMILES string of the molecule is COc1cc(OC)c(OC)cc1/C=C1\Oc2c(ccc3c2C(c2ccc4c(c2)OCO4)CC(=O)O3)C1=O. The fourth-order valence-corrected chi connectivity index (χ4v) is 4.83. The smallest absolute Gasteiger partial charge is 0.312 e. The minimum Gasteiger partial charge on any atom is -0.496 e. The number of hydrogen-bond donors (Lipinski definition) is 0. The fraction of sp³-hybridized carbons (Fsp3) is 0.214. The van der Waals surface area contributed by atoms with Crippen LogP contribution >= 0.6 is 0 Å². The fourth-order valence-electron chi connectivity index (χ4n) is 4.83. The number of ketones is 1. The van der Waals surface area contributed by atoms with Crippen LogP contribution in [0.15, 0.2) is 48.2 Å². The lowest BCUT2D eigenvalue weighted by Gasteiger charge is -2.26. The van der Waals surface area contributed by atoms with Crippen molar-refractivity contribution in [3.63, 3.8) is 0 Å². The lowest BCUT2D eigenvalue weighted by Crippen LogP contribution is -2.21. The Morgan fingerprint density at radius 3 is 2.32 bits per heavy atom. The molecule has 6 rings (SSSR count). The van der Waals surface area contributed by atoms with Gasteiger partial charge in [0.05, 0.1) is 33.3 Å². The van der Waals surface area contributed by atoms with Gasteiger partial charge >= 0.3 is 5.97 Å². The van der Waals surface area contributed by atoms with E-state index in [1.807, 2.05) is 12.1 Å². The van der Waals surface area contributed by atoms with E-state index in [1.165, 1.54) is 21.3 Å². The van der Waals surface area contributed by atoms with Gasteiger partial charge in [-0.1, -0.05) is 6.07 Å². The van der Waals surface area contributed by atoms with Crippen molar-refractivity contribution in [3.8, 4) is 40.2 Å². The maximum atomic E-state index is 13.4. The summed E-state index contributed by atoms with van der Waals surface area (Å²) in [5.74, 6) is 2.45. The van der Waals surface area contributed by atoms with E-state index in [-0.39, 0.29) is 30.7 Å². The Morgan fingerprint density at radius 1 is 0.811 bits per heavy atom. The van der Waals surface area contributed by atoms with Crippen molar-refractivity contribution in [2.45, 2.75) is 12.3 Å². The van der Waals surface area contributed by atoms with Crippen LogP contribution in [0, 0.1) is 0 Å². The lowest BCUT2D eigenvalue weighted by atomic mass is 9.84. The van der Waals surface area contributed by atoms with E-state index in [9.17, 15) is 9.59 Å². The molecule has 0 amide bonds. The first-order valence-electron chi connectivity index (χ1n) is 11.5.